The van der Waals surface area contributed by atoms with Gasteiger partial charge in [-0.1, -0.05) is 0 Å². The Balaban J connectivity index is 2.23. The van der Waals surface area contributed by atoms with Gasteiger partial charge in [0.25, 0.3) is 5.91 Å². The van der Waals surface area contributed by atoms with Gasteiger partial charge in [0.15, 0.2) is 0 Å². The molecule has 1 aromatic rings. The minimum Gasteiger partial charge on any atom is -0.496 e. The molecule has 0 spiro atoms. The zero-order valence-corrected chi connectivity index (χ0v) is 13.4. The van der Waals surface area contributed by atoms with Gasteiger partial charge < -0.3 is 14.8 Å². The summed E-state index contributed by atoms with van der Waals surface area (Å²) in [5.41, 5.74) is 0.124. The van der Waals surface area contributed by atoms with Crippen molar-refractivity contribution in [1.82, 2.24) is 5.32 Å². The molecule has 1 aliphatic heterocycles. The lowest BCUT2D eigenvalue weighted by molar-refractivity contribution is 0.0710. The molecule has 1 saturated heterocycles. The fraction of sp³-hybridized carbons (Fsp3) is 0.500. The molecule has 0 radical (unpaired) electrons. The number of nitrogens with two attached hydrogens (primary N) is 1. The van der Waals surface area contributed by atoms with E-state index < -0.39 is 15.9 Å². The summed E-state index contributed by atoms with van der Waals surface area (Å²) < 4.78 is 33.5. The van der Waals surface area contributed by atoms with Crippen LogP contribution in [-0.2, 0) is 14.8 Å². The van der Waals surface area contributed by atoms with Gasteiger partial charge in [0.05, 0.1) is 29.7 Å². The van der Waals surface area contributed by atoms with Crippen LogP contribution in [0.3, 0.4) is 0 Å². The summed E-state index contributed by atoms with van der Waals surface area (Å²) in [5, 5.41) is 7.91. The fourth-order valence-electron chi connectivity index (χ4n) is 2.42. The Bertz CT molecular complexity index is 653. The molecule has 0 aliphatic carbocycles. The number of carbonyl (C=O) groups excluding carboxylic acids is 1. The van der Waals surface area contributed by atoms with E-state index >= 15 is 0 Å². The summed E-state index contributed by atoms with van der Waals surface area (Å²) in [4.78, 5) is 12.3. The lowest BCUT2D eigenvalue weighted by atomic mass is 10.1. The van der Waals surface area contributed by atoms with Crippen LogP contribution in [-0.4, -0.2) is 40.2 Å². The largest absolute Gasteiger partial charge is 0.496 e. The predicted octanol–water partition coefficient (Wildman–Crippen LogP) is 0.640. The average Bonchev–Trinajstić information content (AvgIpc) is 2.99. The number of hydrogen-bond acceptors (Lipinski definition) is 5. The molecule has 1 heterocycles. The third-order valence-electron chi connectivity index (χ3n) is 3.63. The van der Waals surface area contributed by atoms with Crippen LogP contribution in [0.2, 0.25) is 0 Å². The second-order valence-electron chi connectivity index (χ2n) is 5.22. The molecular weight excluding hydrogens is 308 g/mol. The second-order valence-corrected chi connectivity index (χ2v) is 6.78. The smallest absolute Gasteiger partial charge is 0.255 e. The first-order chi connectivity index (χ1) is 10.3. The van der Waals surface area contributed by atoms with Crippen molar-refractivity contribution >= 4 is 15.9 Å². The van der Waals surface area contributed by atoms with Crippen LogP contribution in [0.15, 0.2) is 23.1 Å². The van der Waals surface area contributed by atoms with E-state index in [4.69, 9.17) is 14.6 Å². The average molecular weight is 328 g/mol. The van der Waals surface area contributed by atoms with Gasteiger partial charge in [-0.15, -0.1) is 0 Å². The number of primary sulfonamides is 1. The highest BCUT2D eigenvalue weighted by molar-refractivity contribution is 7.89. The molecule has 0 saturated carbocycles. The SMILES string of the molecule is COc1ccc(S(N)(=O)=O)cc1C(=O)NC(C)C1CCCO1. The Morgan fingerprint density at radius 1 is 1.50 bits per heavy atom. The number of hydrogen-bond donors (Lipinski definition) is 2. The van der Waals surface area contributed by atoms with Crippen molar-refractivity contribution in [3.63, 3.8) is 0 Å². The molecule has 8 heteroatoms. The van der Waals surface area contributed by atoms with E-state index in [1.807, 2.05) is 6.92 Å². The number of sulfonamides is 1. The van der Waals surface area contributed by atoms with Crippen LogP contribution < -0.4 is 15.2 Å². The summed E-state index contributed by atoms with van der Waals surface area (Å²) >= 11 is 0. The van der Waals surface area contributed by atoms with Gasteiger partial charge in [-0.2, -0.15) is 0 Å². The first-order valence-electron chi connectivity index (χ1n) is 6.96. The third kappa shape index (κ3) is 3.76. The van der Waals surface area contributed by atoms with E-state index in [1.165, 1.54) is 25.3 Å². The van der Waals surface area contributed by atoms with Gasteiger partial charge in [-0.05, 0) is 38.0 Å². The van der Waals surface area contributed by atoms with E-state index in [1.54, 1.807) is 0 Å². The van der Waals surface area contributed by atoms with Crippen molar-refractivity contribution in [2.75, 3.05) is 13.7 Å². The molecule has 2 unspecified atom stereocenters. The normalized spacial score (nSPS) is 19.7. The predicted molar refractivity (Wildman–Crippen MR) is 80.3 cm³/mol. The number of ether oxygens (including phenoxy) is 2. The van der Waals surface area contributed by atoms with Crippen molar-refractivity contribution in [2.45, 2.75) is 36.8 Å². The van der Waals surface area contributed by atoms with Gasteiger partial charge in [0.2, 0.25) is 10.0 Å². The maximum absolute atomic E-state index is 12.4. The van der Waals surface area contributed by atoms with Gasteiger partial charge in [-0.25, -0.2) is 13.6 Å². The first-order valence-corrected chi connectivity index (χ1v) is 8.51. The Labute approximate surface area is 129 Å². The van der Waals surface area contributed by atoms with Crippen molar-refractivity contribution in [3.8, 4) is 5.75 Å². The van der Waals surface area contributed by atoms with Gasteiger partial charge >= 0.3 is 0 Å². The van der Waals surface area contributed by atoms with Crippen LogP contribution >= 0.6 is 0 Å². The standard InChI is InChI=1S/C14H20N2O5S/c1-9(12-4-3-7-21-12)16-14(17)11-8-10(22(15,18)19)5-6-13(11)20-2/h5-6,8-9,12H,3-4,7H2,1-2H3,(H,16,17)(H2,15,18,19). The van der Waals surface area contributed by atoms with Gasteiger partial charge in [0, 0.05) is 6.61 Å². The van der Waals surface area contributed by atoms with Crippen molar-refractivity contribution in [1.29, 1.82) is 0 Å². The number of rotatable bonds is 5. The molecule has 2 rings (SSSR count). The lowest BCUT2D eigenvalue weighted by Crippen LogP contribution is -2.41. The molecule has 1 fully saturated rings. The van der Waals surface area contributed by atoms with Crippen LogP contribution in [0.4, 0.5) is 0 Å². The Kier molecular flexibility index (Phi) is 5.05. The Hall–Kier alpha value is -1.64. The number of carbonyl (C=O) groups is 1. The molecule has 3 N–H and O–H groups in total. The highest BCUT2D eigenvalue weighted by Gasteiger charge is 2.25. The van der Waals surface area contributed by atoms with Crippen molar-refractivity contribution < 1.29 is 22.7 Å². The minimum absolute atomic E-state index is 0.0311. The van der Waals surface area contributed by atoms with Crippen LogP contribution in [0.25, 0.3) is 0 Å². The summed E-state index contributed by atoms with van der Waals surface area (Å²) in [6.07, 6.45) is 1.82. The maximum Gasteiger partial charge on any atom is 0.255 e. The minimum atomic E-state index is -3.89. The van der Waals surface area contributed by atoms with Crippen LogP contribution in [0.1, 0.15) is 30.1 Å². The lowest BCUT2D eigenvalue weighted by Gasteiger charge is -2.20. The van der Waals surface area contributed by atoms with Gasteiger partial charge in [-0.3, -0.25) is 4.79 Å². The summed E-state index contributed by atoms with van der Waals surface area (Å²) in [6, 6.07) is 3.74. The number of amides is 1. The topological polar surface area (TPSA) is 108 Å². The Morgan fingerprint density at radius 3 is 2.77 bits per heavy atom. The fourth-order valence-corrected chi connectivity index (χ4v) is 2.96. The molecule has 122 valence electrons. The first kappa shape index (κ1) is 16.7. The summed E-state index contributed by atoms with van der Waals surface area (Å²) in [5.74, 6) is -0.144. The van der Waals surface area contributed by atoms with Gasteiger partial charge in [0.1, 0.15) is 5.75 Å². The molecule has 1 aromatic carbocycles. The van der Waals surface area contributed by atoms with E-state index in [2.05, 4.69) is 5.32 Å². The second kappa shape index (κ2) is 6.64. The number of benzene rings is 1. The Morgan fingerprint density at radius 2 is 2.23 bits per heavy atom. The molecule has 7 nitrogen and oxygen atoms in total. The zero-order valence-electron chi connectivity index (χ0n) is 12.5. The maximum atomic E-state index is 12.4. The molecule has 0 bridgehead atoms. The molecule has 2 atom stereocenters. The molecule has 1 aliphatic rings. The van der Waals surface area contributed by atoms with E-state index in [-0.39, 0.29) is 28.4 Å². The molecular formula is C14H20N2O5S. The number of nitrogens with one attached hydrogen (secondary N) is 1. The molecule has 0 aromatic heterocycles. The van der Waals surface area contributed by atoms with Crippen molar-refractivity contribution in [2.24, 2.45) is 5.14 Å². The van der Waals surface area contributed by atoms with Crippen LogP contribution in [0, 0.1) is 0 Å². The monoisotopic (exact) mass is 328 g/mol. The van der Waals surface area contributed by atoms with Crippen LogP contribution in [0.5, 0.6) is 5.75 Å². The van der Waals surface area contributed by atoms with E-state index in [0.717, 1.165) is 12.8 Å². The quantitative estimate of drug-likeness (QED) is 0.824. The summed E-state index contributed by atoms with van der Waals surface area (Å²) in [7, 11) is -2.48. The zero-order chi connectivity index (χ0) is 16.3. The third-order valence-corrected chi connectivity index (χ3v) is 4.54. The molecule has 1 amide bonds. The van der Waals surface area contributed by atoms with E-state index in [9.17, 15) is 13.2 Å². The summed E-state index contributed by atoms with van der Waals surface area (Å²) in [6.45, 7) is 2.54. The molecule has 22 heavy (non-hydrogen) atoms. The van der Waals surface area contributed by atoms with Crippen molar-refractivity contribution in [3.05, 3.63) is 23.8 Å². The van der Waals surface area contributed by atoms with E-state index in [0.29, 0.717) is 6.61 Å². The highest BCUT2D eigenvalue weighted by Crippen LogP contribution is 2.23. The number of methoxy groups -OCH3 is 1. The highest BCUT2D eigenvalue weighted by atomic mass is 32.2.